The van der Waals surface area contributed by atoms with E-state index in [9.17, 15) is 14.4 Å². The Labute approximate surface area is 192 Å². The van der Waals surface area contributed by atoms with E-state index in [-0.39, 0.29) is 53.9 Å². The molecule has 0 spiro atoms. The number of nitrogens with zero attached hydrogens (tertiary/aromatic N) is 1. The number of piperidine rings is 1. The fraction of sp³-hybridized carbons (Fsp3) is 0.808. The van der Waals surface area contributed by atoms with E-state index in [4.69, 9.17) is 9.47 Å². The maximum atomic E-state index is 13.0. The molecule has 0 radical (unpaired) electrons. The third kappa shape index (κ3) is 4.47. The zero-order chi connectivity index (χ0) is 23.2. The molecule has 2 heterocycles. The van der Waals surface area contributed by atoms with Gasteiger partial charge in [0.15, 0.2) is 0 Å². The van der Waals surface area contributed by atoms with Gasteiger partial charge in [0.05, 0.1) is 5.92 Å². The van der Waals surface area contributed by atoms with E-state index >= 15 is 0 Å². The summed E-state index contributed by atoms with van der Waals surface area (Å²) in [7, 11) is 0. The number of rotatable bonds is 2. The summed E-state index contributed by atoms with van der Waals surface area (Å²) < 4.78 is 11.3. The third-order valence-electron chi connectivity index (χ3n) is 7.92. The molecule has 0 N–H and O–H groups in total. The smallest absolute Gasteiger partial charge is 0.410 e. The van der Waals surface area contributed by atoms with Crippen molar-refractivity contribution in [3.05, 3.63) is 11.6 Å². The SMILES string of the molecule is C[C@@H]1OC(=O)[C@H]2C[C@H]3CCCC(=O)[C@H]3C(=CC[C@H]3CCC[C@H](C)N3C(=O)OC(C)(C)C)[C@@H]12. The maximum absolute atomic E-state index is 13.0. The van der Waals surface area contributed by atoms with Crippen molar-refractivity contribution in [1.29, 1.82) is 0 Å². The molecule has 4 rings (SSSR count). The van der Waals surface area contributed by atoms with Crippen molar-refractivity contribution in [1.82, 2.24) is 4.90 Å². The lowest BCUT2D eigenvalue weighted by molar-refractivity contribution is -0.144. The molecule has 0 aromatic heterocycles. The highest BCUT2D eigenvalue weighted by molar-refractivity contribution is 5.86. The molecule has 0 aromatic rings. The summed E-state index contributed by atoms with van der Waals surface area (Å²) in [4.78, 5) is 40.5. The van der Waals surface area contributed by atoms with Crippen molar-refractivity contribution in [2.24, 2.45) is 23.7 Å². The normalized spacial score (nSPS) is 38.8. The van der Waals surface area contributed by atoms with E-state index in [0.717, 1.165) is 44.1 Å². The van der Waals surface area contributed by atoms with E-state index in [1.54, 1.807) is 0 Å². The average Bonchev–Trinajstić information content (AvgIpc) is 2.97. The van der Waals surface area contributed by atoms with E-state index in [2.05, 4.69) is 13.0 Å². The molecular weight excluding hydrogens is 406 g/mol. The molecule has 178 valence electrons. The third-order valence-corrected chi connectivity index (χ3v) is 7.92. The van der Waals surface area contributed by atoms with E-state index in [1.807, 2.05) is 32.6 Å². The lowest BCUT2D eigenvalue weighted by Gasteiger charge is -2.43. The summed E-state index contributed by atoms with van der Waals surface area (Å²) >= 11 is 0. The van der Waals surface area contributed by atoms with Crippen LogP contribution in [0.3, 0.4) is 0 Å². The number of hydrogen-bond acceptors (Lipinski definition) is 5. The molecule has 7 atom stereocenters. The standard InChI is InChI=1S/C26H39NO5/c1-15-8-6-10-18(27(15)25(30)32-26(3,4)5)12-13-19-22-16(2)31-24(29)20(22)14-17-9-7-11-21(28)23(17)19/h13,15-18,20,22-23H,6-12,14H2,1-5H3/t15-,16-,17+,18+,20-,22+,23+/m0/s1. The summed E-state index contributed by atoms with van der Waals surface area (Å²) in [6, 6.07) is 0.174. The van der Waals surface area contributed by atoms with E-state index in [1.165, 1.54) is 0 Å². The Morgan fingerprint density at radius 1 is 1.16 bits per heavy atom. The van der Waals surface area contributed by atoms with Crippen LogP contribution in [0.5, 0.6) is 0 Å². The van der Waals surface area contributed by atoms with Crippen LogP contribution in [-0.4, -0.2) is 46.5 Å². The Morgan fingerprint density at radius 3 is 2.62 bits per heavy atom. The number of fused-ring (bicyclic) bond motifs is 2. The van der Waals surface area contributed by atoms with Gasteiger partial charge >= 0.3 is 12.1 Å². The van der Waals surface area contributed by atoms with Crippen molar-refractivity contribution < 1.29 is 23.9 Å². The molecule has 6 nitrogen and oxygen atoms in total. The Hall–Kier alpha value is -1.85. The first kappa shape index (κ1) is 23.3. The van der Waals surface area contributed by atoms with Crippen LogP contribution < -0.4 is 0 Å². The van der Waals surface area contributed by atoms with E-state index < -0.39 is 5.60 Å². The Balaban J connectivity index is 1.61. The number of esters is 1. The number of carbonyl (C=O) groups excluding carboxylic acids is 3. The lowest BCUT2D eigenvalue weighted by atomic mass is 9.59. The van der Waals surface area contributed by atoms with Crippen LogP contribution in [0.4, 0.5) is 4.79 Å². The predicted molar refractivity (Wildman–Crippen MR) is 121 cm³/mol. The molecule has 32 heavy (non-hydrogen) atoms. The molecule has 4 aliphatic rings. The van der Waals surface area contributed by atoms with Crippen LogP contribution in [-0.2, 0) is 19.1 Å². The van der Waals surface area contributed by atoms with Gasteiger partial charge < -0.3 is 14.4 Å². The highest BCUT2D eigenvalue weighted by Gasteiger charge is 2.53. The molecule has 2 saturated carbocycles. The molecule has 0 aromatic carbocycles. The zero-order valence-corrected chi connectivity index (χ0v) is 20.3. The number of likely N-dealkylation sites (tertiary alicyclic amines) is 1. The second-order valence-electron chi connectivity index (χ2n) is 11.4. The van der Waals surface area contributed by atoms with Gasteiger partial charge in [-0.25, -0.2) is 4.79 Å². The minimum Gasteiger partial charge on any atom is -0.462 e. The zero-order valence-electron chi connectivity index (χ0n) is 20.3. The number of ether oxygens (including phenoxy) is 2. The number of carbonyl (C=O) groups is 3. The average molecular weight is 446 g/mol. The number of cyclic esters (lactones) is 1. The van der Waals surface area contributed by atoms with Gasteiger partial charge in [-0.05, 0) is 85.5 Å². The molecule has 2 saturated heterocycles. The molecule has 6 heteroatoms. The highest BCUT2D eigenvalue weighted by Crippen LogP contribution is 2.52. The first-order chi connectivity index (χ1) is 15.1. The summed E-state index contributed by atoms with van der Waals surface area (Å²) in [6.07, 6.45) is 8.74. The fourth-order valence-corrected chi connectivity index (χ4v) is 6.63. The molecule has 1 amide bonds. The second-order valence-corrected chi connectivity index (χ2v) is 11.4. The van der Waals surface area contributed by atoms with Crippen LogP contribution in [0, 0.1) is 23.7 Å². The quantitative estimate of drug-likeness (QED) is 0.439. The molecule has 2 aliphatic heterocycles. The number of Topliss-reactive ketones (excluding diaryl/α,β-unsaturated/α-hetero) is 1. The van der Waals surface area contributed by atoms with Crippen LogP contribution in [0.1, 0.15) is 86.0 Å². The first-order valence-electron chi connectivity index (χ1n) is 12.5. The first-order valence-corrected chi connectivity index (χ1v) is 12.5. The Bertz CT molecular complexity index is 797. The summed E-state index contributed by atoms with van der Waals surface area (Å²) in [5.74, 6) is 0.231. The second kappa shape index (κ2) is 8.83. The lowest BCUT2D eigenvalue weighted by Crippen LogP contribution is -2.50. The number of amides is 1. The topological polar surface area (TPSA) is 72.9 Å². The minimum atomic E-state index is -0.535. The van der Waals surface area contributed by atoms with Gasteiger partial charge in [-0.2, -0.15) is 0 Å². The molecular formula is C26H39NO5. The van der Waals surface area contributed by atoms with Crippen molar-refractivity contribution >= 4 is 17.8 Å². The minimum absolute atomic E-state index is 0.0122. The summed E-state index contributed by atoms with van der Waals surface area (Å²) in [6.45, 7) is 9.73. The molecule has 4 fully saturated rings. The van der Waals surface area contributed by atoms with Crippen LogP contribution in [0.15, 0.2) is 11.6 Å². The van der Waals surface area contributed by atoms with Gasteiger partial charge in [-0.15, -0.1) is 0 Å². The van der Waals surface area contributed by atoms with Crippen molar-refractivity contribution in [3.8, 4) is 0 Å². The Morgan fingerprint density at radius 2 is 1.91 bits per heavy atom. The largest absolute Gasteiger partial charge is 0.462 e. The molecule has 2 aliphatic carbocycles. The van der Waals surface area contributed by atoms with E-state index in [0.29, 0.717) is 18.6 Å². The molecule has 0 unspecified atom stereocenters. The number of ketones is 1. The van der Waals surface area contributed by atoms with Crippen LogP contribution in [0.2, 0.25) is 0 Å². The van der Waals surface area contributed by atoms with Crippen LogP contribution >= 0.6 is 0 Å². The summed E-state index contributed by atoms with van der Waals surface area (Å²) in [5.41, 5.74) is 0.573. The van der Waals surface area contributed by atoms with Gasteiger partial charge in [-0.3, -0.25) is 9.59 Å². The van der Waals surface area contributed by atoms with Crippen molar-refractivity contribution in [3.63, 3.8) is 0 Å². The van der Waals surface area contributed by atoms with Crippen molar-refractivity contribution in [2.45, 2.75) is 110 Å². The summed E-state index contributed by atoms with van der Waals surface area (Å²) in [5, 5.41) is 0. The van der Waals surface area contributed by atoms with Gasteiger partial charge in [0, 0.05) is 30.3 Å². The van der Waals surface area contributed by atoms with Gasteiger partial charge in [0.25, 0.3) is 0 Å². The van der Waals surface area contributed by atoms with Gasteiger partial charge in [0.1, 0.15) is 17.5 Å². The van der Waals surface area contributed by atoms with Crippen LogP contribution in [0.25, 0.3) is 0 Å². The fourth-order valence-electron chi connectivity index (χ4n) is 6.63. The number of hydrogen-bond donors (Lipinski definition) is 0. The predicted octanol–water partition coefficient (Wildman–Crippen LogP) is 5.05. The highest BCUT2D eigenvalue weighted by atomic mass is 16.6. The van der Waals surface area contributed by atoms with Gasteiger partial charge in [-0.1, -0.05) is 11.6 Å². The van der Waals surface area contributed by atoms with Gasteiger partial charge in [0.2, 0.25) is 0 Å². The maximum Gasteiger partial charge on any atom is 0.410 e. The van der Waals surface area contributed by atoms with Crippen molar-refractivity contribution in [2.75, 3.05) is 0 Å². The monoisotopic (exact) mass is 445 g/mol. The Kier molecular flexibility index (Phi) is 6.43. The molecule has 0 bridgehead atoms.